The van der Waals surface area contributed by atoms with Crippen molar-refractivity contribution in [2.75, 3.05) is 6.61 Å². The highest BCUT2D eigenvalue weighted by Gasteiger charge is 2.17. The SMILES string of the molecule is CCOc1ccc(C)cc1C(C)NC(=O)c1cc(C(C)=O)c[nH]1. The van der Waals surface area contributed by atoms with Crippen molar-refractivity contribution in [3.8, 4) is 5.75 Å². The molecule has 23 heavy (non-hydrogen) atoms. The maximum Gasteiger partial charge on any atom is 0.268 e. The Bertz CT molecular complexity index is 719. The third-order valence-electron chi connectivity index (χ3n) is 3.61. The van der Waals surface area contributed by atoms with E-state index in [1.54, 1.807) is 12.3 Å². The Morgan fingerprint density at radius 2 is 2.04 bits per heavy atom. The van der Waals surface area contributed by atoms with Crippen LogP contribution in [0.25, 0.3) is 0 Å². The van der Waals surface area contributed by atoms with Gasteiger partial charge in [0.15, 0.2) is 5.78 Å². The Morgan fingerprint density at radius 1 is 1.30 bits per heavy atom. The predicted molar refractivity (Wildman–Crippen MR) is 89.0 cm³/mol. The van der Waals surface area contributed by atoms with Crippen LogP contribution in [0.15, 0.2) is 30.5 Å². The highest BCUT2D eigenvalue weighted by Crippen LogP contribution is 2.26. The number of aromatic amines is 1. The van der Waals surface area contributed by atoms with Crippen LogP contribution in [0.2, 0.25) is 0 Å². The molecule has 0 radical (unpaired) electrons. The fourth-order valence-corrected chi connectivity index (χ4v) is 2.37. The number of rotatable bonds is 6. The lowest BCUT2D eigenvalue weighted by Crippen LogP contribution is -2.27. The van der Waals surface area contributed by atoms with Crippen molar-refractivity contribution >= 4 is 11.7 Å². The third kappa shape index (κ3) is 4.00. The number of benzene rings is 1. The molecule has 2 rings (SSSR count). The highest BCUT2D eigenvalue weighted by atomic mass is 16.5. The summed E-state index contributed by atoms with van der Waals surface area (Å²) in [6.07, 6.45) is 1.54. The molecule has 0 saturated heterocycles. The van der Waals surface area contributed by atoms with Gasteiger partial charge in [-0.3, -0.25) is 9.59 Å². The van der Waals surface area contributed by atoms with Gasteiger partial charge in [0, 0.05) is 17.3 Å². The van der Waals surface area contributed by atoms with E-state index in [0.717, 1.165) is 16.9 Å². The molecule has 5 nitrogen and oxygen atoms in total. The zero-order valence-electron chi connectivity index (χ0n) is 13.9. The van der Waals surface area contributed by atoms with Gasteiger partial charge in [0.05, 0.1) is 12.6 Å². The first-order valence-corrected chi connectivity index (χ1v) is 7.66. The zero-order chi connectivity index (χ0) is 17.0. The summed E-state index contributed by atoms with van der Waals surface area (Å²) in [6.45, 7) is 7.86. The standard InChI is InChI=1S/C18H22N2O3/c1-5-23-17-7-6-11(2)8-15(17)12(3)20-18(22)16-9-14(10-19-16)13(4)21/h6-10,12,19H,5H2,1-4H3,(H,20,22). The van der Waals surface area contributed by atoms with E-state index in [2.05, 4.69) is 10.3 Å². The summed E-state index contributed by atoms with van der Waals surface area (Å²) in [7, 11) is 0. The number of hydrogen-bond donors (Lipinski definition) is 2. The van der Waals surface area contributed by atoms with Gasteiger partial charge in [0.1, 0.15) is 11.4 Å². The van der Waals surface area contributed by atoms with Crippen LogP contribution in [0.3, 0.4) is 0 Å². The maximum atomic E-state index is 12.3. The number of carbonyl (C=O) groups excluding carboxylic acids is 2. The summed E-state index contributed by atoms with van der Waals surface area (Å²) in [4.78, 5) is 26.5. The van der Waals surface area contributed by atoms with E-state index >= 15 is 0 Å². The number of hydrogen-bond acceptors (Lipinski definition) is 3. The zero-order valence-corrected chi connectivity index (χ0v) is 13.9. The molecule has 1 heterocycles. The van der Waals surface area contributed by atoms with Gasteiger partial charge in [-0.05, 0) is 39.8 Å². The number of aromatic nitrogens is 1. The van der Waals surface area contributed by atoms with Gasteiger partial charge >= 0.3 is 0 Å². The number of amides is 1. The van der Waals surface area contributed by atoms with E-state index in [-0.39, 0.29) is 17.7 Å². The molecule has 5 heteroatoms. The number of aryl methyl sites for hydroxylation is 1. The van der Waals surface area contributed by atoms with Gasteiger partial charge in [0.25, 0.3) is 5.91 Å². The number of ketones is 1. The molecule has 0 spiro atoms. The molecule has 1 aromatic carbocycles. The van der Waals surface area contributed by atoms with E-state index in [0.29, 0.717) is 17.9 Å². The molecule has 0 aliphatic carbocycles. The average molecular weight is 314 g/mol. The summed E-state index contributed by atoms with van der Waals surface area (Å²) in [5.74, 6) is 0.432. The largest absolute Gasteiger partial charge is 0.494 e. The van der Waals surface area contributed by atoms with E-state index in [1.165, 1.54) is 6.92 Å². The number of ether oxygens (including phenoxy) is 1. The molecule has 0 aliphatic rings. The summed E-state index contributed by atoms with van der Waals surface area (Å²) < 4.78 is 5.63. The summed E-state index contributed by atoms with van der Waals surface area (Å²) in [5, 5.41) is 2.93. The van der Waals surface area contributed by atoms with Gasteiger partial charge in [-0.2, -0.15) is 0 Å². The fourth-order valence-electron chi connectivity index (χ4n) is 2.37. The molecule has 1 unspecified atom stereocenters. The van der Waals surface area contributed by atoms with Gasteiger partial charge in [0.2, 0.25) is 0 Å². The molecule has 0 saturated carbocycles. The molecular weight excluding hydrogens is 292 g/mol. The van der Waals surface area contributed by atoms with Crippen molar-refractivity contribution in [1.82, 2.24) is 10.3 Å². The normalized spacial score (nSPS) is 11.8. The van der Waals surface area contributed by atoms with Crippen molar-refractivity contribution in [3.05, 3.63) is 52.8 Å². The van der Waals surface area contributed by atoms with Crippen molar-refractivity contribution in [1.29, 1.82) is 0 Å². The Hall–Kier alpha value is -2.56. The van der Waals surface area contributed by atoms with Crippen LogP contribution in [-0.4, -0.2) is 23.3 Å². The topological polar surface area (TPSA) is 71.2 Å². The predicted octanol–water partition coefficient (Wildman–Crippen LogP) is 3.42. The van der Waals surface area contributed by atoms with Crippen molar-refractivity contribution in [3.63, 3.8) is 0 Å². The van der Waals surface area contributed by atoms with Crippen molar-refractivity contribution in [2.45, 2.75) is 33.7 Å². The van der Waals surface area contributed by atoms with Crippen LogP contribution in [0.1, 0.15) is 58.8 Å². The number of nitrogens with one attached hydrogen (secondary N) is 2. The van der Waals surface area contributed by atoms with Gasteiger partial charge in [-0.1, -0.05) is 17.7 Å². The number of carbonyl (C=O) groups is 2. The van der Waals surface area contributed by atoms with Crippen LogP contribution in [0, 0.1) is 6.92 Å². The smallest absolute Gasteiger partial charge is 0.268 e. The molecule has 0 aliphatic heterocycles. The summed E-state index contributed by atoms with van der Waals surface area (Å²) in [6, 6.07) is 7.25. The molecule has 2 aromatic rings. The molecule has 2 N–H and O–H groups in total. The molecular formula is C18H22N2O3. The molecule has 1 amide bonds. The van der Waals surface area contributed by atoms with Crippen LogP contribution >= 0.6 is 0 Å². The molecule has 122 valence electrons. The van der Waals surface area contributed by atoms with Crippen LogP contribution in [-0.2, 0) is 0 Å². The fraction of sp³-hybridized carbons (Fsp3) is 0.333. The average Bonchev–Trinajstić information content (AvgIpc) is 2.99. The van der Waals surface area contributed by atoms with Crippen LogP contribution < -0.4 is 10.1 Å². The van der Waals surface area contributed by atoms with Crippen LogP contribution in [0.5, 0.6) is 5.75 Å². The van der Waals surface area contributed by atoms with E-state index in [9.17, 15) is 9.59 Å². The first-order chi connectivity index (χ1) is 10.9. The van der Waals surface area contributed by atoms with Gasteiger partial charge < -0.3 is 15.0 Å². The number of Topliss-reactive ketones (excluding diaryl/α,β-unsaturated/α-hetero) is 1. The molecule has 1 aromatic heterocycles. The Balaban J connectivity index is 2.17. The second-order valence-corrected chi connectivity index (χ2v) is 5.53. The monoisotopic (exact) mass is 314 g/mol. The van der Waals surface area contributed by atoms with E-state index in [4.69, 9.17) is 4.74 Å². The Morgan fingerprint density at radius 3 is 2.65 bits per heavy atom. The first-order valence-electron chi connectivity index (χ1n) is 7.66. The molecule has 0 bridgehead atoms. The molecule has 0 fully saturated rings. The van der Waals surface area contributed by atoms with Gasteiger partial charge in [-0.15, -0.1) is 0 Å². The van der Waals surface area contributed by atoms with Crippen LogP contribution in [0.4, 0.5) is 0 Å². The minimum atomic E-state index is -0.256. The Kier molecular flexibility index (Phi) is 5.21. The highest BCUT2D eigenvalue weighted by molar-refractivity contribution is 5.99. The minimum Gasteiger partial charge on any atom is -0.494 e. The maximum absolute atomic E-state index is 12.3. The number of H-pyrrole nitrogens is 1. The minimum absolute atomic E-state index is 0.0781. The lowest BCUT2D eigenvalue weighted by Gasteiger charge is -2.18. The lowest BCUT2D eigenvalue weighted by atomic mass is 10.0. The molecule has 1 atom stereocenters. The third-order valence-corrected chi connectivity index (χ3v) is 3.61. The second kappa shape index (κ2) is 7.13. The summed E-state index contributed by atoms with van der Waals surface area (Å²) in [5.41, 5.74) is 2.89. The second-order valence-electron chi connectivity index (χ2n) is 5.53. The lowest BCUT2D eigenvalue weighted by molar-refractivity contribution is 0.0934. The van der Waals surface area contributed by atoms with Gasteiger partial charge in [-0.25, -0.2) is 0 Å². The van der Waals surface area contributed by atoms with E-state index < -0.39 is 0 Å². The van der Waals surface area contributed by atoms with Crippen molar-refractivity contribution in [2.24, 2.45) is 0 Å². The summed E-state index contributed by atoms with van der Waals surface area (Å²) >= 11 is 0. The Labute approximate surface area is 136 Å². The first kappa shape index (κ1) is 16.8. The van der Waals surface area contributed by atoms with Crippen molar-refractivity contribution < 1.29 is 14.3 Å². The van der Waals surface area contributed by atoms with E-state index in [1.807, 2.05) is 39.0 Å². The quantitative estimate of drug-likeness (QED) is 0.803.